The Kier molecular flexibility index (Phi) is 8.37. The van der Waals surface area contributed by atoms with Gasteiger partial charge in [0.1, 0.15) is 23.6 Å². The molecule has 4 aromatic rings. The molecule has 6 atom stereocenters. The zero-order valence-corrected chi connectivity index (χ0v) is 30.3. The molecule has 12 heteroatoms. The smallest absolute Gasteiger partial charge is 0.253 e. The van der Waals surface area contributed by atoms with Gasteiger partial charge in [0.15, 0.2) is 0 Å². The third-order valence-electron chi connectivity index (χ3n) is 9.96. The summed E-state index contributed by atoms with van der Waals surface area (Å²) in [5.74, 6) is -1.97. The number of amides is 4. The SMILES string of the molecule is CCOc1ccc(N2C(=O)C3C(C2=O)N2C(c4ccc(Br)cc4)C4C(=O)N(c5ccc(OCC)cc5)C(=O)C4N2C3c2ccc(Br)cc2)cc1. The largest absolute Gasteiger partial charge is 0.494 e. The van der Waals surface area contributed by atoms with E-state index in [9.17, 15) is 19.2 Å². The molecule has 4 aromatic carbocycles. The standard InChI is InChI=1S/C38H32Br2N4O6/c1-3-49-27-17-13-25(14-18-27)41-35(45)29-31(21-5-9-23(39)10-6-21)44-34-30(32(43(44)33(29)37(41)47)22-7-11-24(40)12-8-22)36(46)42(38(34)48)26-15-19-28(20-16-26)50-4-2/h5-20,29-34H,3-4H2,1-2H3. The first-order valence-electron chi connectivity index (χ1n) is 16.5. The number of hydrazine groups is 1. The molecule has 50 heavy (non-hydrogen) atoms. The molecule has 6 unspecified atom stereocenters. The lowest BCUT2D eigenvalue weighted by Gasteiger charge is -2.35. The maximum Gasteiger partial charge on any atom is 0.253 e. The molecule has 8 rings (SSSR count). The highest BCUT2D eigenvalue weighted by Crippen LogP contribution is 2.60. The predicted octanol–water partition coefficient (Wildman–Crippen LogP) is 6.45. The Hall–Kier alpha value is -4.36. The Morgan fingerprint density at radius 1 is 0.480 bits per heavy atom. The second-order valence-corrected chi connectivity index (χ2v) is 14.4. The van der Waals surface area contributed by atoms with Crippen LogP contribution in [-0.4, -0.2) is 58.9 Å². The molecular weight excluding hydrogens is 768 g/mol. The van der Waals surface area contributed by atoms with E-state index in [0.717, 1.165) is 20.1 Å². The monoisotopic (exact) mass is 798 g/mol. The topological polar surface area (TPSA) is 99.7 Å². The predicted molar refractivity (Wildman–Crippen MR) is 192 cm³/mol. The lowest BCUT2D eigenvalue weighted by atomic mass is 9.84. The average molecular weight is 801 g/mol. The maximum absolute atomic E-state index is 14.7. The summed E-state index contributed by atoms with van der Waals surface area (Å²) in [4.78, 5) is 61.1. The van der Waals surface area contributed by atoms with E-state index in [1.807, 2.05) is 72.4 Å². The molecule has 0 bridgehead atoms. The van der Waals surface area contributed by atoms with Crippen molar-refractivity contribution in [1.29, 1.82) is 0 Å². The quantitative estimate of drug-likeness (QED) is 0.188. The fourth-order valence-corrected chi connectivity index (χ4v) is 8.57. The highest BCUT2D eigenvalue weighted by atomic mass is 79.9. The van der Waals surface area contributed by atoms with E-state index >= 15 is 0 Å². The van der Waals surface area contributed by atoms with Gasteiger partial charge in [0, 0.05) is 8.95 Å². The third kappa shape index (κ3) is 5.03. The fraction of sp³-hybridized carbons (Fsp3) is 0.263. The van der Waals surface area contributed by atoms with Crippen LogP contribution in [0.4, 0.5) is 11.4 Å². The van der Waals surface area contributed by atoms with Gasteiger partial charge in [-0.25, -0.2) is 19.8 Å². The Morgan fingerprint density at radius 3 is 1.14 bits per heavy atom. The number of carbonyl (C=O) groups is 4. The highest BCUT2D eigenvalue weighted by Gasteiger charge is 2.73. The van der Waals surface area contributed by atoms with Crippen LogP contribution in [0.3, 0.4) is 0 Å². The average Bonchev–Trinajstić information content (AvgIpc) is 3.78. The zero-order valence-electron chi connectivity index (χ0n) is 27.1. The van der Waals surface area contributed by atoms with Gasteiger partial charge < -0.3 is 9.47 Å². The number of anilines is 2. The normalized spacial score (nSPS) is 26.1. The number of fused-ring (bicyclic) bond motifs is 5. The van der Waals surface area contributed by atoms with Crippen LogP contribution >= 0.6 is 31.9 Å². The lowest BCUT2D eigenvalue weighted by Crippen LogP contribution is -2.50. The van der Waals surface area contributed by atoms with Crippen LogP contribution in [0.2, 0.25) is 0 Å². The molecule has 10 nitrogen and oxygen atoms in total. The Bertz CT molecular complexity index is 1840. The lowest BCUT2D eigenvalue weighted by molar-refractivity contribution is -0.136. The molecule has 4 fully saturated rings. The number of rotatable bonds is 8. The minimum atomic E-state index is -0.957. The van der Waals surface area contributed by atoms with Crippen molar-refractivity contribution >= 4 is 66.9 Å². The van der Waals surface area contributed by atoms with Crippen LogP contribution < -0.4 is 19.3 Å². The molecule has 0 N–H and O–H groups in total. The van der Waals surface area contributed by atoms with Crippen molar-refractivity contribution in [2.75, 3.05) is 23.0 Å². The van der Waals surface area contributed by atoms with Crippen molar-refractivity contribution in [3.63, 3.8) is 0 Å². The van der Waals surface area contributed by atoms with Crippen LogP contribution in [0, 0.1) is 11.8 Å². The van der Waals surface area contributed by atoms with Crippen molar-refractivity contribution in [2.45, 2.75) is 38.0 Å². The van der Waals surface area contributed by atoms with Crippen molar-refractivity contribution in [1.82, 2.24) is 10.0 Å². The van der Waals surface area contributed by atoms with Crippen LogP contribution in [0.1, 0.15) is 37.1 Å². The number of carbonyl (C=O) groups excluding carboxylic acids is 4. The summed E-state index contributed by atoms with van der Waals surface area (Å²) in [6.45, 7) is 4.74. The van der Waals surface area contributed by atoms with Gasteiger partial charge in [-0.3, -0.25) is 19.2 Å². The summed E-state index contributed by atoms with van der Waals surface area (Å²) in [5, 5.41) is 3.74. The van der Waals surface area contributed by atoms with Crippen molar-refractivity contribution in [3.05, 3.63) is 117 Å². The second kappa shape index (κ2) is 12.8. The summed E-state index contributed by atoms with van der Waals surface area (Å²) in [6.07, 6.45) is 0. The summed E-state index contributed by atoms with van der Waals surface area (Å²) in [7, 11) is 0. The number of hydrogen-bond acceptors (Lipinski definition) is 8. The molecule has 4 heterocycles. The summed E-state index contributed by atoms with van der Waals surface area (Å²) in [5.41, 5.74) is 2.39. The number of halogens is 2. The summed E-state index contributed by atoms with van der Waals surface area (Å²) < 4.78 is 12.9. The van der Waals surface area contributed by atoms with Gasteiger partial charge >= 0.3 is 0 Å². The van der Waals surface area contributed by atoms with Gasteiger partial charge in [-0.2, -0.15) is 0 Å². The van der Waals surface area contributed by atoms with E-state index in [-0.39, 0.29) is 11.8 Å². The number of benzene rings is 4. The first kappa shape index (κ1) is 32.8. The van der Waals surface area contributed by atoms with E-state index in [2.05, 4.69) is 31.9 Å². The molecule has 0 aliphatic carbocycles. The Morgan fingerprint density at radius 2 is 0.820 bits per heavy atom. The third-order valence-corrected chi connectivity index (χ3v) is 11.0. The Balaban J connectivity index is 1.28. The van der Waals surface area contributed by atoms with Gasteiger partial charge in [0.2, 0.25) is 11.8 Å². The van der Waals surface area contributed by atoms with Gasteiger partial charge in [-0.15, -0.1) is 0 Å². The molecule has 0 radical (unpaired) electrons. The molecule has 0 saturated carbocycles. The van der Waals surface area contributed by atoms with E-state index in [4.69, 9.17) is 9.47 Å². The van der Waals surface area contributed by atoms with Gasteiger partial charge in [-0.1, -0.05) is 56.1 Å². The van der Waals surface area contributed by atoms with E-state index in [1.54, 1.807) is 48.5 Å². The second-order valence-electron chi connectivity index (χ2n) is 12.6. The molecule has 254 valence electrons. The van der Waals surface area contributed by atoms with E-state index in [1.165, 1.54) is 9.80 Å². The van der Waals surface area contributed by atoms with Gasteiger partial charge in [0.25, 0.3) is 11.8 Å². The molecule has 4 amide bonds. The maximum atomic E-state index is 14.7. The Labute approximate surface area is 305 Å². The first-order valence-corrected chi connectivity index (χ1v) is 18.1. The zero-order chi connectivity index (χ0) is 34.8. The van der Waals surface area contributed by atoms with Crippen LogP contribution in [0.15, 0.2) is 106 Å². The number of ether oxygens (including phenoxy) is 2. The molecular formula is C38H32Br2N4O6. The minimum absolute atomic E-state index is 0.363. The van der Waals surface area contributed by atoms with Gasteiger partial charge in [-0.05, 0) is 97.8 Å². The fourth-order valence-electron chi connectivity index (χ4n) is 8.04. The minimum Gasteiger partial charge on any atom is -0.494 e. The van der Waals surface area contributed by atoms with Crippen molar-refractivity contribution in [3.8, 4) is 11.5 Å². The van der Waals surface area contributed by atoms with E-state index in [0.29, 0.717) is 36.1 Å². The molecule has 0 aromatic heterocycles. The van der Waals surface area contributed by atoms with E-state index < -0.39 is 47.8 Å². The van der Waals surface area contributed by atoms with Crippen LogP contribution in [-0.2, 0) is 19.2 Å². The molecule has 0 spiro atoms. The molecule has 4 aliphatic rings. The summed E-state index contributed by atoms with van der Waals surface area (Å²) in [6, 6.07) is 25.6. The highest BCUT2D eigenvalue weighted by molar-refractivity contribution is 9.10. The molecule has 4 saturated heterocycles. The van der Waals surface area contributed by atoms with Crippen LogP contribution in [0.5, 0.6) is 11.5 Å². The first-order chi connectivity index (χ1) is 24.2. The number of hydrogen-bond donors (Lipinski definition) is 0. The van der Waals surface area contributed by atoms with Crippen LogP contribution in [0.25, 0.3) is 0 Å². The van der Waals surface area contributed by atoms with Gasteiger partial charge in [0.05, 0.1) is 48.5 Å². The molecule has 4 aliphatic heterocycles. The summed E-state index contributed by atoms with van der Waals surface area (Å²) >= 11 is 7.04. The number of imide groups is 2. The van der Waals surface area contributed by atoms with Crippen molar-refractivity contribution in [2.24, 2.45) is 11.8 Å². The number of nitrogens with zero attached hydrogens (tertiary/aromatic N) is 4. The van der Waals surface area contributed by atoms with Crippen molar-refractivity contribution < 1.29 is 28.7 Å².